The van der Waals surface area contributed by atoms with Gasteiger partial charge in [0, 0.05) is 22.7 Å². The van der Waals surface area contributed by atoms with Gasteiger partial charge in [0.2, 0.25) is 0 Å². The number of halogens is 2. The molecule has 1 fully saturated rings. The van der Waals surface area contributed by atoms with Crippen molar-refractivity contribution in [3.8, 4) is 0 Å². The Morgan fingerprint density at radius 3 is 2.53 bits per heavy atom. The maximum absolute atomic E-state index is 3.72. The van der Waals surface area contributed by atoms with Gasteiger partial charge in [-0.1, -0.05) is 62.2 Å². The third-order valence-corrected chi connectivity index (χ3v) is 5.53. The van der Waals surface area contributed by atoms with E-state index in [0.717, 1.165) is 13.1 Å². The lowest BCUT2D eigenvalue weighted by Gasteiger charge is -2.33. The van der Waals surface area contributed by atoms with Crippen LogP contribution in [0.1, 0.15) is 12.0 Å². The minimum atomic E-state index is 0.579. The summed E-state index contributed by atoms with van der Waals surface area (Å²) < 4.78 is 0. The molecular formula is C12H15Br2N. The molecule has 0 radical (unpaired) electrons. The van der Waals surface area contributed by atoms with E-state index in [9.17, 15) is 0 Å². The molecule has 0 spiro atoms. The summed E-state index contributed by atoms with van der Waals surface area (Å²) in [5.41, 5.74) is 1.41. The lowest BCUT2D eigenvalue weighted by atomic mass is 10.1. The fourth-order valence-corrected chi connectivity index (χ4v) is 2.97. The largest absolute Gasteiger partial charge is 0.298 e. The van der Waals surface area contributed by atoms with Crippen molar-refractivity contribution in [1.29, 1.82) is 0 Å². The molecule has 1 aliphatic heterocycles. The molecule has 1 aliphatic rings. The molecule has 2 atom stereocenters. The summed E-state index contributed by atoms with van der Waals surface area (Å²) in [5.74, 6) is 0. The topological polar surface area (TPSA) is 3.24 Å². The summed E-state index contributed by atoms with van der Waals surface area (Å²) in [7, 11) is 0. The average molecular weight is 333 g/mol. The molecule has 0 bridgehead atoms. The van der Waals surface area contributed by atoms with Crippen molar-refractivity contribution in [3.63, 3.8) is 0 Å². The Morgan fingerprint density at radius 1 is 1.13 bits per heavy atom. The first kappa shape index (κ1) is 11.6. The van der Waals surface area contributed by atoms with Gasteiger partial charge in [-0.2, -0.15) is 0 Å². The van der Waals surface area contributed by atoms with Gasteiger partial charge in [0.1, 0.15) is 0 Å². The third kappa shape index (κ3) is 3.30. The van der Waals surface area contributed by atoms with Gasteiger partial charge >= 0.3 is 0 Å². The first-order valence-electron chi connectivity index (χ1n) is 5.30. The van der Waals surface area contributed by atoms with Crippen LogP contribution in [0, 0.1) is 0 Å². The van der Waals surface area contributed by atoms with Crippen LogP contribution in [0.5, 0.6) is 0 Å². The minimum Gasteiger partial charge on any atom is -0.298 e. The van der Waals surface area contributed by atoms with E-state index in [2.05, 4.69) is 67.1 Å². The second-order valence-corrected chi connectivity index (χ2v) is 6.39. The summed E-state index contributed by atoms with van der Waals surface area (Å²) in [6.45, 7) is 3.39. The van der Waals surface area contributed by atoms with Gasteiger partial charge in [-0.15, -0.1) is 0 Å². The van der Waals surface area contributed by atoms with Crippen LogP contribution in [0.3, 0.4) is 0 Å². The zero-order valence-electron chi connectivity index (χ0n) is 8.57. The number of benzene rings is 1. The second-order valence-electron chi connectivity index (χ2n) is 4.04. The fourth-order valence-electron chi connectivity index (χ4n) is 1.92. The van der Waals surface area contributed by atoms with Crippen LogP contribution in [-0.2, 0) is 6.54 Å². The van der Waals surface area contributed by atoms with Crippen LogP contribution in [0.25, 0.3) is 0 Å². The monoisotopic (exact) mass is 331 g/mol. The highest BCUT2D eigenvalue weighted by Crippen LogP contribution is 2.24. The molecule has 0 aromatic heterocycles. The van der Waals surface area contributed by atoms with Gasteiger partial charge in [0.25, 0.3) is 0 Å². The van der Waals surface area contributed by atoms with Gasteiger partial charge in [-0.25, -0.2) is 0 Å². The summed E-state index contributed by atoms with van der Waals surface area (Å²) in [6, 6.07) is 10.7. The van der Waals surface area contributed by atoms with E-state index in [1.807, 2.05) is 0 Å². The maximum atomic E-state index is 3.72. The van der Waals surface area contributed by atoms with Crippen LogP contribution in [-0.4, -0.2) is 27.6 Å². The SMILES string of the molecule is BrC1CCN(Cc2ccccc2)CC1Br. The van der Waals surface area contributed by atoms with Crippen molar-refractivity contribution in [3.05, 3.63) is 35.9 Å². The number of likely N-dealkylation sites (tertiary alicyclic amines) is 1. The molecule has 1 saturated heterocycles. The van der Waals surface area contributed by atoms with E-state index in [1.54, 1.807) is 0 Å². The van der Waals surface area contributed by atoms with Crippen LogP contribution in [0.4, 0.5) is 0 Å². The molecular weight excluding hydrogens is 318 g/mol. The number of hydrogen-bond acceptors (Lipinski definition) is 1. The van der Waals surface area contributed by atoms with Gasteiger partial charge in [0.15, 0.2) is 0 Å². The molecule has 1 aromatic carbocycles. The Morgan fingerprint density at radius 2 is 1.87 bits per heavy atom. The quantitative estimate of drug-likeness (QED) is 0.750. The molecule has 0 saturated carbocycles. The minimum absolute atomic E-state index is 0.579. The summed E-state index contributed by atoms with van der Waals surface area (Å²) >= 11 is 7.41. The number of alkyl halides is 2. The average Bonchev–Trinajstić information content (AvgIpc) is 2.25. The molecule has 0 N–H and O–H groups in total. The maximum Gasteiger partial charge on any atom is 0.0398 e. The Balaban J connectivity index is 1.91. The molecule has 1 aromatic rings. The Bertz CT molecular complexity index is 302. The van der Waals surface area contributed by atoms with E-state index < -0.39 is 0 Å². The molecule has 3 heteroatoms. The van der Waals surface area contributed by atoms with E-state index in [-0.39, 0.29) is 0 Å². The van der Waals surface area contributed by atoms with Crippen molar-refractivity contribution in [2.24, 2.45) is 0 Å². The van der Waals surface area contributed by atoms with Crippen LogP contribution >= 0.6 is 31.9 Å². The first-order valence-corrected chi connectivity index (χ1v) is 7.13. The molecule has 82 valence electrons. The zero-order chi connectivity index (χ0) is 10.7. The molecule has 1 nitrogen and oxygen atoms in total. The number of nitrogens with zero attached hydrogens (tertiary/aromatic N) is 1. The molecule has 0 amide bonds. The Kier molecular flexibility index (Phi) is 4.23. The second kappa shape index (κ2) is 5.46. The number of piperidine rings is 1. The highest BCUT2D eigenvalue weighted by atomic mass is 79.9. The predicted octanol–water partition coefficient (Wildman–Crippen LogP) is 3.42. The van der Waals surface area contributed by atoms with E-state index in [4.69, 9.17) is 0 Å². The molecule has 2 unspecified atom stereocenters. The summed E-state index contributed by atoms with van der Waals surface area (Å²) in [6.07, 6.45) is 1.22. The highest BCUT2D eigenvalue weighted by Gasteiger charge is 2.24. The molecule has 2 rings (SSSR count). The number of rotatable bonds is 2. The zero-order valence-corrected chi connectivity index (χ0v) is 11.7. The molecule has 15 heavy (non-hydrogen) atoms. The first-order chi connectivity index (χ1) is 7.25. The Hall–Kier alpha value is 0.140. The highest BCUT2D eigenvalue weighted by molar-refractivity contribution is 9.12. The lowest BCUT2D eigenvalue weighted by Crippen LogP contribution is -2.40. The van der Waals surface area contributed by atoms with E-state index in [1.165, 1.54) is 18.5 Å². The van der Waals surface area contributed by atoms with Gasteiger partial charge in [-0.05, 0) is 18.5 Å². The van der Waals surface area contributed by atoms with Crippen molar-refractivity contribution in [1.82, 2.24) is 4.90 Å². The fraction of sp³-hybridized carbons (Fsp3) is 0.500. The van der Waals surface area contributed by atoms with Crippen molar-refractivity contribution in [2.75, 3.05) is 13.1 Å². The van der Waals surface area contributed by atoms with E-state index >= 15 is 0 Å². The van der Waals surface area contributed by atoms with Crippen LogP contribution in [0.2, 0.25) is 0 Å². The third-order valence-electron chi connectivity index (χ3n) is 2.80. The smallest absolute Gasteiger partial charge is 0.0398 e. The number of hydrogen-bond donors (Lipinski definition) is 0. The summed E-state index contributed by atoms with van der Waals surface area (Å²) in [5, 5.41) is 0. The van der Waals surface area contributed by atoms with Crippen molar-refractivity contribution >= 4 is 31.9 Å². The van der Waals surface area contributed by atoms with Crippen LogP contribution < -0.4 is 0 Å². The van der Waals surface area contributed by atoms with Crippen molar-refractivity contribution < 1.29 is 0 Å². The predicted molar refractivity (Wildman–Crippen MR) is 71.8 cm³/mol. The van der Waals surface area contributed by atoms with Gasteiger partial charge < -0.3 is 0 Å². The molecule has 0 aliphatic carbocycles. The molecule has 1 heterocycles. The summed E-state index contributed by atoms with van der Waals surface area (Å²) in [4.78, 5) is 3.71. The van der Waals surface area contributed by atoms with Crippen molar-refractivity contribution in [2.45, 2.75) is 22.6 Å². The lowest BCUT2D eigenvalue weighted by molar-refractivity contribution is 0.233. The van der Waals surface area contributed by atoms with E-state index in [0.29, 0.717) is 9.65 Å². The van der Waals surface area contributed by atoms with Crippen LogP contribution in [0.15, 0.2) is 30.3 Å². The normalized spacial score (nSPS) is 27.9. The van der Waals surface area contributed by atoms with Gasteiger partial charge in [-0.3, -0.25) is 4.90 Å². The van der Waals surface area contributed by atoms with Gasteiger partial charge in [0.05, 0.1) is 0 Å². The Labute approximate surface area is 108 Å². The standard InChI is InChI=1S/C12H15Br2N/c13-11-6-7-15(9-12(11)14)8-10-4-2-1-3-5-10/h1-5,11-12H,6-9H2.